The van der Waals surface area contributed by atoms with Crippen LogP contribution in [0, 0.1) is 0 Å². The molecule has 0 radical (unpaired) electrons. The number of anilines is 2. The van der Waals surface area contributed by atoms with Crippen LogP contribution in [0.15, 0.2) is 18.2 Å². The molecule has 1 amide bonds. The van der Waals surface area contributed by atoms with E-state index in [9.17, 15) is 4.79 Å². The maximum atomic E-state index is 12.1. The summed E-state index contributed by atoms with van der Waals surface area (Å²) in [7, 11) is 0. The first-order valence-corrected chi connectivity index (χ1v) is 7.81. The quantitative estimate of drug-likeness (QED) is 0.833. The fourth-order valence-corrected chi connectivity index (χ4v) is 3.34. The van der Waals surface area contributed by atoms with E-state index < -0.39 is 0 Å². The van der Waals surface area contributed by atoms with Gasteiger partial charge in [-0.2, -0.15) is 0 Å². The van der Waals surface area contributed by atoms with E-state index >= 15 is 0 Å². The zero-order chi connectivity index (χ0) is 14.8. The predicted octanol–water partition coefficient (Wildman–Crippen LogP) is 1.64. The number of benzene rings is 1. The third-order valence-electron chi connectivity index (χ3n) is 4.32. The van der Waals surface area contributed by atoms with Crippen molar-refractivity contribution < 1.29 is 4.79 Å². The summed E-state index contributed by atoms with van der Waals surface area (Å²) in [6, 6.07) is 5.79. The maximum absolute atomic E-state index is 12.1. The molecule has 1 atom stereocenters. The van der Waals surface area contributed by atoms with Gasteiger partial charge >= 0.3 is 0 Å². The number of hydrogen-bond donors (Lipinski definition) is 2. The van der Waals surface area contributed by atoms with Gasteiger partial charge in [-0.25, -0.2) is 0 Å². The number of carbonyl (C=O) groups excluding carboxylic acids is 1. The number of halogens is 1. The molecule has 2 saturated heterocycles. The Labute approximate surface area is 130 Å². The van der Waals surface area contributed by atoms with Gasteiger partial charge in [0, 0.05) is 31.4 Å². The molecule has 0 aromatic heterocycles. The van der Waals surface area contributed by atoms with Gasteiger partial charge in [-0.3, -0.25) is 14.6 Å². The van der Waals surface area contributed by atoms with Crippen molar-refractivity contribution in [2.75, 3.05) is 43.8 Å². The summed E-state index contributed by atoms with van der Waals surface area (Å²) >= 11 is 5.87. The lowest BCUT2D eigenvalue weighted by Gasteiger charge is -2.37. The minimum Gasteiger partial charge on any atom is -0.397 e. The molecule has 114 valence electrons. The average molecular weight is 309 g/mol. The van der Waals surface area contributed by atoms with Crippen molar-refractivity contribution in [3.63, 3.8) is 0 Å². The van der Waals surface area contributed by atoms with E-state index in [0.29, 0.717) is 29.0 Å². The number of fused-ring (bicyclic) bond motifs is 1. The van der Waals surface area contributed by atoms with Crippen LogP contribution in [0.4, 0.5) is 11.4 Å². The molecule has 0 aliphatic carbocycles. The number of carbonyl (C=O) groups is 1. The Bertz CT molecular complexity index is 536. The largest absolute Gasteiger partial charge is 0.397 e. The smallest absolute Gasteiger partial charge is 0.238 e. The summed E-state index contributed by atoms with van der Waals surface area (Å²) in [5.74, 6) is 0.00293. The van der Waals surface area contributed by atoms with Crippen LogP contribution >= 0.6 is 11.6 Å². The lowest BCUT2D eigenvalue weighted by atomic mass is 10.1. The van der Waals surface area contributed by atoms with Crippen LogP contribution in [0.25, 0.3) is 0 Å². The highest BCUT2D eigenvalue weighted by Crippen LogP contribution is 2.23. The van der Waals surface area contributed by atoms with Crippen LogP contribution in [0.1, 0.15) is 12.8 Å². The zero-order valence-electron chi connectivity index (χ0n) is 12.0. The third kappa shape index (κ3) is 3.48. The van der Waals surface area contributed by atoms with E-state index in [2.05, 4.69) is 15.1 Å². The second-order valence-corrected chi connectivity index (χ2v) is 6.26. The van der Waals surface area contributed by atoms with E-state index in [4.69, 9.17) is 17.3 Å². The molecule has 21 heavy (non-hydrogen) atoms. The van der Waals surface area contributed by atoms with Crippen LogP contribution in [0.3, 0.4) is 0 Å². The van der Waals surface area contributed by atoms with Gasteiger partial charge in [-0.15, -0.1) is 0 Å². The Morgan fingerprint density at radius 2 is 2.24 bits per heavy atom. The first-order valence-electron chi connectivity index (χ1n) is 7.43. The van der Waals surface area contributed by atoms with Crippen molar-refractivity contribution in [1.29, 1.82) is 0 Å². The molecule has 0 spiro atoms. The van der Waals surface area contributed by atoms with Crippen molar-refractivity contribution in [2.45, 2.75) is 18.9 Å². The summed E-state index contributed by atoms with van der Waals surface area (Å²) in [6.45, 7) is 4.69. The number of nitrogen functional groups attached to an aromatic ring is 1. The molecule has 0 bridgehead atoms. The second kappa shape index (κ2) is 6.22. The van der Waals surface area contributed by atoms with Gasteiger partial charge in [0.2, 0.25) is 5.91 Å². The van der Waals surface area contributed by atoms with E-state index in [-0.39, 0.29) is 5.91 Å². The number of nitrogens with one attached hydrogen (secondary N) is 1. The maximum Gasteiger partial charge on any atom is 0.238 e. The minimum atomic E-state index is 0.00293. The topological polar surface area (TPSA) is 61.6 Å². The Morgan fingerprint density at radius 3 is 3.05 bits per heavy atom. The first kappa shape index (κ1) is 14.6. The SMILES string of the molecule is Nc1cc(NC(=O)CN2CCN3CCCC3C2)ccc1Cl. The summed E-state index contributed by atoms with van der Waals surface area (Å²) in [5.41, 5.74) is 6.92. The predicted molar refractivity (Wildman–Crippen MR) is 85.5 cm³/mol. The summed E-state index contributed by atoms with van der Waals surface area (Å²) in [5, 5.41) is 3.39. The molecule has 3 N–H and O–H groups in total. The van der Waals surface area contributed by atoms with Gasteiger partial charge in [0.1, 0.15) is 0 Å². The number of rotatable bonds is 3. The molecule has 1 aromatic rings. The molecule has 2 heterocycles. The van der Waals surface area contributed by atoms with Gasteiger partial charge < -0.3 is 11.1 Å². The summed E-state index contributed by atoms with van der Waals surface area (Å²) in [4.78, 5) is 16.9. The molecular weight excluding hydrogens is 288 g/mol. The number of piperazine rings is 1. The van der Waals surface area contributed by atoms with Crippen LogP contribution in [-0.2, 0) is 4.79 Å². The molecule has 2 aliphatic heterocycles. The van der Waals surface area contributed by atoms with Gasteiger partial charge in [0.05, 0.1) is 17.3 Å². The van der Waals surface area contributed by atoms with E-state index in [1.54, 1.807) is 18.2 Å². The van der Waals surface area contributed by atoms with Crippen LogP contribution in [0.5, 0.6) is 0 Å². The lowest BCUT2D eigenvalue weighted by molar-refractivity contribution is -0.117. The number of nitrogens with two attached hydrogens (primary N) is 1. The third-order valence-corrected chi connectivity index (χ3v) is 4.66. The minimum absolute atomic E-state index is 0.00293. The average Bonchev–Trinajstić information content (AvgIpc) is 2.90. The van der Waals surface area contributed by atoms with Crippen molar-refractivity contribution in [2.24, 2.45) is 0 Å². The van der Waals surface area contributed by atoms with E-state index in [0.717, 1.165) is 19.6 Å². The van der Waals surface area contributed by atoms with E-state index in [1.165, 1.54) is 19.4 Å². The Hall–Kier alpha value is -1.30. The number of hydrogen-bond acceptors (Lipinski definition) is 4. The van der Waals surface area contributed by atoms with Gasteiger partial charge in [0.15, 0.2) is 0 Å². The molecule has 5 nitrogen and oxygen atoms in total. The van der Waals surface area contributed by atoms with Gasteiger partial charge in [-0.1, -0.05) is 11.6 Å². The Balaban J connectivity index is 1.53. The van der Waals surface area contributed by atoms with Crippen molar-refractivity contribution in [3.8, 4) is 0 Å². The van der Waals surface area contributed by atoms with Crippen molar-refractivity contribution >= 4 is 28.9 Å². The molecule has 2 fully saturated rings. The van der Waals surface area contributed by atoms with Crippen LogP contribution < -0.4 is 11.1 Å². The van der Waals surface area contributed by atoms with Crippen molar-refractivity contribution in [1.82, 2.24) is 9.80 Å². The number of nitrogens with zero attached hydrogens (tertiary/aromatic N) is 2. The molecule has 6 heteroatoms. The van der Waals surface area contributed by atoms with Crippen molar-refractivity contribution in [3.05, 3.63) is 23.2 Å². The van der Waals surface area contributed by atoms with Gasteiger partial charge in [0.25, 0.3) is 0 Å². The molecule has 3 rings (SSSR count). The number of amides is 1. The second-order valence-electron chi connectivity index (χ2n) is 5.85. The summed E-state index contributed by atoms with van der Waals surface area (Å²) in [6.07, 6.45) is 2.54. The Morgan fingerprint density at radius 1 is 1.38 bits per heavy atom. The normalized spacial score (nSPS) is 23.0. The fraction of sp³-hybridized carbons (Fsp3) is 0.533. The highest BCUT2D eigenvalue weighted by Gasteiger charge is 2.30. The van der Waals surface area contributed by atoms with Crippen LogP contribution in [-0.4, -0.2) is 54.5 Å². The first-order chi connectivity index (χ1) is 10.1. The molecule has 1 aromatic carbocycles. The Kier molecular flexibility index (Phi) is 4.33. The standard InChI is InChI=1S/C15H21ClN4O/c16-13-4-3-11(8-14(13)17)18-15(21)10-19-6-7-20-5-1-2-12(20)9-19/h3-4,8,12H,1-2,5-7,9-10,17H2,(H,18,21). The zero-order valence-corrected chi connectivity index (χ0v) is 12.8. The monoisotopic (exact) mass is 308 g/mol. The van der Waals surface area contributed by atoms with Gasteiger partial charge in [-0.05, 0) is 37.6 Å². The molecule has 0 saturated carbocycles. The van der Waals surface area contributed by atoms with E-state index in [1.807, 2.05) is 0 Å². The molecule has 1 unspecified atom stereocenters. The molecular formula is C15H21ClN4O. The highest BCUT2D eigenvalue weighted by molar-refractivity contribution is 6.33. The van der Waals surface area contributed by atoms with Crippen LogP contribution in [0.2, 0.25) is 5.02 Å². The summed E-state index contributed by atoms with van der Waals surface area (Å²) < 4.78 is 0. The molecule has 2 aliphatic rings. The lowest BCUT2D eigenvalue weighted by Crippen LogP contribution is -2.51. The highest BCUT2D eigenvalue weighted by atomic mass is 35.5. The fourth-order valence-electron chi connectivity index (χ4n) is 3.22.